The number of hydrogen-bond donors (Lipinski definition) is 6. The molecule has 286 valence electrons. The maximum atomic E-state index is 13.8. The van der Waals surface area contributed by atoms with E-state index in [9.17, 15) is 60.4 Å². The first kappa shape index (κ1) is 41.7. The van der Waals surface area contributed by atoms with Crippen LogP contribution >= 0.6 is 9.24 Å². The van der Waals surface area contributed by atoms with E-state index in [1.165, 1.54) is 0 Å². The number of carbonyl (C=O) groups excluding carboxylic acids is 5. The number of nitrogens with one attached hydrogen (secondary N) is 4. The summed E-state index contributed by atoms with van der Waals surface area (Å²) in [4.78, 5) is 63.2. The standard InChI is InChI=1S/C31H35B2F6N4O9P/c1-15(29(48)53)4-2-3-6-40-25(44)5-7-41-28(47)24(43-27(46)17-9-21(31(37,38)39)19-14-52-33(50)23(19)11-17)12-42-26(45)16-8-20(30(34,35)36)18-13-51-32(49)22(18)10-16/h8-11,15,24,49-50H,2-7,12-14,53H2,1H3,(H,40,44)(H,41,47)(H,42,45)(H,43,46)/t15?,24-/m0/s1. The Bertz CT molecular complexity index is 1750. The quantitative estimate of drug-likeness (QED) is 0.0649. The van der Waals surface area contributed by atoms with Crippen molar-refractivity contribution in [2.45, 2.75) is 64.2 Å². The molecule has 2 aliphatic rings. The molecular formula is C31H35B2F6N4O9P. The third-order valence-corrected chi connectivity index (χ3v) is 9.19. The Morgan fingerprint density at radius 2 is 1.32 bits per heavy atom. The number of halogens is 6. The zero-order valence-corrected chi connectivity index (χ0v) is 29.2. The molecular weight excluding hydrogens is 739 g/mol. The summed E-state index contributed by atoms with van der Waals surface area (Å²) in [6.45, 7) is -0.168. The molecule has 13 nitrogen and oxygen atoms in total. The summed E-state index contributed by atoms with van der Waals surface area (Å²) in [6, 6.07) is 1.16. The first-order valence-corrected chi connectivity index (χ1v) is 16.9. The van der Waals surface area contributed by atoms with Crippen molar-refractivity contribution < 1.29 is 69.7 Å². The summed E-state index contributed by atoms with van der Waals surface area (Å²) < 4.78 is 92.6. The van der Waals surface area contributed by atoms with Gasteiger partial charge >= 0.3 is 26.6 Å². The smallest absolute Gasteiger partial charge is 0.423 e. The van der Waals surface area contributed by atoms with E-state index in [0.717, 1.165) is 12.1 Å². The lowest BCUT2D eigenvalue weighted by Gasteiger charge is -2.21. The van der Waals surface area contributed by atoms with E-state index in [1.54, 1.807) is 6.92 Å². The summed E-state index contributed by atoms with van der Waals surface area (Å²) in [6.07, 6.45) is -8.26. The van der Waals surface area contributed by atoms with Crippen LogP contribution in [0.2, 0.25) is 0 Å². The Morgan fingerprint density at radius 3 is 1.83 bits per heavy atom. The van der Waals surface area contributed by atoms with Gasteiger partial charge in [-0.1, -0.05) is 22.6 Å². The number of alkyl halides is 6. The molecule has 0 radical (unpaired) electrons. The first-order valence-electron chi connectivity index (χ1n) is 16.3. The lowest BCUT2D eigenvalue weighted by Crippen LogP contribution is -2.53. The molecule has 2 heterocycles. The Labute approximate surface area is 301 Å². The monoisotopic (exact) mass is 774 g/mol. The molecule has 2 aromatic rings. The van der Waals surface area contributed by atoms with Crippen LogP contribution in [-0.2, 0) is 49.3 Å². The molecule has 0 saturated heterocycles. The number of fused-ring (bicyclic) bond motifs is 2. The van der Waals surface area contributed by atoms with E-state index in [4.69, 9.17) is 9.31 Å². The van der Waals surface area contributed by atoms with Gasteiger partial charge in [-0.05, 0) is 59.2 Å². The molecule has 2 aromatic carbocycles. The third-order valence-electron chi connectivity index (χ3n) is 8.62. The highest BCUT2D eigenvalue weighted by Crippen LogP contribution is 2.35. The molecule has 0 fully saturated rings. The van der Waals surface area contributed by atoms with Crippen LogP contribution in [0.1, 0.15) is 75.6 Å². The molecule has 6 N–H and O–H groups in total. The number of rotatable bonds is 15. The van der Waals surface area contributed by atoms with Crippen molar-refractivity contribution >= 4 is 63.6 Å². The number of hydrogen-bond acceptors (Lipinski definition) is 9. The van der Waals surface area contributed by atoms with E-state index in [1.807, 2.05) is 0 Å². The van der Waals surface area contributed by atoms with Gasteiger partial charge in [0.05, 0.1) is 24.3 Å². The summed E-state index contributed by atoms with van der Waals surface area (Å²) >= 11 is 0. The average molecular weight is 774 g/mol. The number of unbranched alkanes of at least 4 members (excludes halogenated alkanes) is 1. The van der Waals surface area contributed by atoms with Crippen LogP contribution in [0, 0.1) is 5.92 Å². The molecule has 4 amide bonds. The normalized spacial score (nSPS) is 15.0. The van der Waals surface area contributed by atoms with E-state index >= 15 is 0 Å². The highest BCUT2D eigenvalue weighted by Gasteiger charge is 2.42. The van der Waals surface area contributed by atoms with Crippen molar-refractivity contribution in [3.63, 3.8) is 0 Å². The lowest BCUT2D eigenvalue weighted by atomic mass is 9.77. The van der Waals surface area contributed by atoms with Gasteiger partial charge in [0, 0.05) is 43.1 Å². The maximum Gasteiger partial charge on any atom is 0.491 e. The van der Waals surface area contributed by atoms with E-state index in [0.29, 0.717) is 31.4 Å². The van der Waals surface area contributed by atoms with Gasteiger partial charge in [0.2, 0.25) is 11.8 Å². The summed E-state index contributed by atoms with van der Waals surface area (Å²) in [7, 11) is -1.41. The van der Waals surface area contributed by atoms with E-state index in [2.05, 4.69) is 30.5 Å². The van der Waals surface area contributed by atoms with Gasteiger partial charge in [-0.25, -0.2) is 0 Å². The molecule has 0 aromatic heterocycles. The van der Waals surface area contributed by atoms with Crippen LogP contribution in [0.5, 0.6) is 0 Å². The second kappa shape index (κ2) is 17.4. The third kappa shape index (κ3) is 10.8. The fourth-order valence-electron chi connectivity index (χ4n) is 5.63. The minimum absolute atomic E-state index is 0.0284. The van der Waals surface area contributed by atoms with Gasteiger partial charge in [0.15, 0.2) is 5.52 Å². The zero-order valence-electron chi connectivity index (χ0n) is 28.1. The van der Waals surface area contributed by atoms with Crippen molar-refractivity contribution in [1.82, 2.24) is 21.3 Å². The van der Waals surface area contributed by atoms with Crippen LogP contribution in [-0.4, -0.2) is 79.1 Å². The summed E-state index contributed by atoms with van der Waals surface area (Å²) in [5.74, 6) is -4.04. The van der Waals surface area contributed by atoms with Crippen molar-refractivity contribution in [3.8, 4) is 0 Å². The van der Waals surface area contributed by atoms with E-state index < -0.39 is 104 Å². The largest absolute Gasteiger partial charge is 0.491 e. The zero-order chi connectivity index (χ0) is 39.2. The molecule has 3 atom stereocenters. The highest BCUT2D eigenvalue weighted by molar-refractivity contribution is 7.40. The number of carbonyl (C=O) groups is 5. The Balaban J connectivity index is 1.48. The van der Waals surface area contributed by atoms with Crippen molar-refractivity contribution in [2.24, 2.45) is 5.92 Å². The first-order chi connectivity index (χ1) is 24.8. The average Bonchev–Trinajstić information content (AvgIpc) is 3.65. The van der Waals surface area contributed by atoms with Crippen molar-refractivity contribution in [1.29, 1.82) is 0 Å². The van der Waals surface area contributed by atoms with Gasteiger partial charge in [-0.15, -0.1) is 0 Å². The molecule has 0 aliphatic carbocycles. The second-order valence-corrected chi connectivity index (χ2v) is 13.0. The fourth-order valence-corrected chi connectivity index (χ4v) is 5.79. The molecule has 2 unspecified atom stereocenters. The maximum absolute atomic E-state index is 13.8. The van der Waals surface area contributed by atoms with E-state index in [-0.39, 0.29) is 47.4 Å². The summed E-state index contributed by atoms with van der Waals surface area (Å²) in [5.41, 5.74) is -5.17. The van der Waals surface area contributed by atoms with Gasteiger partial charge < -0.3 is 40.6 Å². The second-order valence-electron chi connectivity index (χ2n) is 12.4. The summed E-state index contributed by atoms with van der Waals surface area (Å²) in [5, 5.41) is 29.5. The topological polar surface area (TPSA) is 192 Å². The molecule has 0 bridgehead atoms. The molecule has 4 rings (SSSR count). The van der Waals surface area contributed by atoms with Crippen molar-refractivity contribution in [2.75, 3.05) is 19.6 Å². The molecule has 53 heavy (non-hydrogen) atoms. The SMILES string of the molecule is CC(CCCCNC(=O)CCNC(=O)[C@H](CNC(=O)c1cc2c(c(C(F)(F)F)c1)COB2O)NC(=O)c1cc2c(c(C(F)(F)F)c1)COB2O)C(=O)P. The lowest BCUT2D eigenvalue weighted by molar-refractivity contribution is -0.139. The fraction of sp³-hybridized carbons (Fsp3) is 0.452. The van der Waals surface area contributed by atoms with Crippen molar-refractivity contribution in [3.05, 3.63) is 57.6 Å². The molecule has 0 spiro atoms. The minimum Gasteiger partial charge on any atom is -0.423 e. The number of benzene rings is 2. The van der Waals surface area contributed by atoms with Crippen LogP contribution in [0.3, 0.4) is 0 Å². The van der Waals surface area contributed by atoms with Crippen LogP contribution in [0.15, 0.2) is 24.3 Å². The number of amides is 4. The minimum atomic E-state index is -4.96. The Kier molecular flexibility index (Phi) is 13.7. The van der Waals surface area contributed by atoms with Gasteiger partial charge in [-0.2, -0.15) is 26.3 Å². The van der Waals surface area contributed by atoms with Crippen LogP contribution < -0.4 is 32.2 Å². The van der Waals surface area contributed by atoms with Crippen LogP contribution in [0.4, 0.5) is 26.3 Å². The molecule has 0 saturated carbocycles. The Morgan fingerprint density at radius 1 is 0.792 bits per heavy atom. The Hall–Kier alpha value is -4.03. The van der Waals surface area contributed by atoms with Gasteiger partial charge in [0.1, 0.15) is 6.04 Å². The predicted octanol–water partition coefficient (Wildman–Crippen LogP) is 0.519. The van der Waals surface area contributed by atoms with Gasteiger partial charge in [0.25, 0.3) is 11.8 Å². The molecule has 2 aliphatic heterocycles. The molecule has 22 heteroatoms. The van der Waals surface area contributed by atoms with Crippen LogP contribution in [0.25, 0.3) is 0 Å². The van der Waals surface area contributed by atoms with Gasteiger partial charge in [-0.3, -0.25) is 24.0 Å². The highest BCUT2D eigenvalue weighted by atomic mass is 31.0. The predicted molar refractivity (Wildman–Crippen MR) is 180 cm³/mol.